The maximum Gasteiger partial charge on any atom is 0.323 e. The molecule has 7 heteroatoms. The maximum atomic E-state index is 12.3. The molecule has 7 nitrogen and oxygen atoms in total. The number of urea groups is 2. The third-order valence-electron chi connectivity index (χ3n) is 4.85. The van der Waals surface area contributed by atoms with Crippen molar-refractivity contribution in [3.05, 3.63) is 90.0 Å². The van der Waals surface area contributed by atoms with Gasteiger partial charge in [0.15, 0.2) is 0 Å². The first-order valence-electron chi connectivity index (χ1n) is 10.6. The molecule has 4 N–H and O–H groups in total. The van der Waals surface area contributed by atoms with E-state index in [0.29, 0.717) is 23.6 Å². The van der Waals surface area contributed by atoms with Crippen LogP contribution in [0, 0.1) is 0 Å². The van der Waals surface area contributed by atoms with Crippen molar-refractivity contribution in [2.75, 3.05) is 29.5 Å². The Morgan fingerprint density at radius 1 is 0.719 bits per heavy atom. The fraction of sp³-hybridized carbons (Fsp3) is 0.200. The largest absolute Gasteiger partial charge is 0.334 e. The number of para-hydroxylation sites is 1. The van der Waals surface area contributed by atoms with Crippen LogP contribution in [0.25, 0.3) is 0 Å². The Hall–Kier alpha value is -3.84. The molecule has 0 spiro atoms. The van der Waals surface area contributed by atoms with Gasteiger partial charge in [-0.1, -0.05) is 55.5 Å². The molecule has 3 aromatic rings. The van der Waals surface area contributed by atoms with E-state index in [9.17, 15) is 9.59 Å². The van der Waals surface area contributed by atoms with E-state index in [1.165, 1.54) is 5.56 Å². The summed E-state index contributed by atoms with van der Waals surface area (Å²) in [7, 11) is 2.08. The van der Waals surface area contributed by atoms with Crippen molar-refractivity contribution in [2.45, 2.75) is 20.0 Å². The van der Waals surface area contributed by atoms with Gasteiger partial charge >= 0.3 is 12.1 Å². The number of hydrogen-bond acceptors (Lipinski definition) is 3. The summed E-state index contributed by atoms with van der Waals surface area (Å²) in [5.41, 5.74) is 4.10. The van der Waals surface area contributed by atoms with Gasteiger partial charge in [0.25, 0.3) is 0 Å². The second-order valence-electron chi connectivity index (χ2n) is 7.48. The maximum absolute atomic E-state index is 12.3. The summed E-state index contributed by atoms with van der Waals surface area (Å²) in [6.45, 7) is 4.39. The van der Waals surface area contributed by atoms with Crippen LogP contribution in [-0.4, -0.2) is 30.6 Å². The molecule has 166 valence electrons. The van der Waals surface area contributed by atoms with Gasteiger partial charge in [-0.05, 0) is 55.1 Å². The lowest BCUT2D eigenvalue weighted by Crippen LogP contribution is -2.28. The van der Waals surface area contributed by atoms with Crippen LogP contribution in [-0.2, 0) is 13.1 Å². The molecule has 0 saturated heterocycles. The van der Waals surface area contributed by atoms with Crippen molar-refractivity contribution in [1.82, 2.24) is 10.2 Å². The Balaban J connectivity index is 1.50. The van der Waals surface area contributed by atoms with Crippen molar-refractivity contribution >= 4 is 29.1 Å². The monoisotopic (exact) mass is 431 g/mol. The van der Waals surface area contributed by atoms with Gasteiger partial charge in [0, 0.05) is 30.2 Å². The summed E-state index contributed by atoms with van der Waals surface area (Å²) in [5.74, 6) is 0. The number of carbonyl (C=O) groups excluding carboxylic acids is 2. The molecule has 32 heavy (non-hydrogen) atoms. The van der Waals surface area contributed by atoms with Gasteiger partial charge in [0.2, 0.25) is 0 Å². The van der Waals surface area contributed by atoms with E-state index >= 15 is 0 Å². The summed E-state index contributed by atoms with van der Waals surface area (Å²) in [4.78, 5) is 26.7. The first-order chi connectivity index (χ1) is 15.5. The molecular weight excluding hydrogens is 402 g/mol. The Kier molecular flexibility index (Phi) is 8.22. The predicted molar refractivity (Wildman–Crippen MR) is 130 cm³/mol. The van der Waals surface area contributed by atoms with E-state index < -0.39 is 0 Å². The molecular formula is C25H29N5O2. The molecule has 0 fully saturated rings. The quantitative estimate of drug-likeness (QED) is 0.400. The predicted octanol–water partition coefficient (Wildman–Crippen LogP) is 5.10. The smallest absolute Gasteiger partial charge is 0.323 e. The van der Waals surface area contributed by atoms with E-state index in [-0.39, 0.29) is 12.1 Å². The number of benzene rings is 3. The highest BCUT2D eigenvalue weighted by Crippen LogP contribution is 2.16. The molecule has 3 aromatic carbocycles. The molecule has 3 rings (SSSR count). The van der Waals surface area contributed by atoms with Crippen LogP contribution in [0.3, 0.4) is 0 Å². The second-order valence-corrected chi connectivity index (χ2v) is 7.48. The molecule has 4 amide bonds. The van der Waals surface area contributed by atoms with Gasteiger partial charge in [-0.15, -0.1) is 0 Å². The van der Waals surface area contributed by atoms with Gasteiger partial charge < -0.3 is 26.2 Å². The zero-order valence-electron chi connectivity index (χ0n) is 18.4. The highest BCUT2D eigenvalue weighted by atomic mass is 16.2. The molecule has 0 unspecified atom stereocenters. The fourth-order valence-corrected chi connectivity index (χ4v) is 3.11. The summed E-state index contributed by atoms with van der Waals surface area (Å²) in [6, 6.07) is 23.7. The summed E-state index contributed by atoms with van der Waals surface area (Å²) in [6.07, 6.45) is 0. The van der Waals surface area contributed by atoms with Gasteiger partial charge in [-0.2, -0.15) is 0 Å². The van der Waals surface area contributed by atoms with Gasteiger partial charge in [-0.3, -0.25) is 0 Å². The first-order valence-corrected chi connectivity index (χ1v) is 10.6. The van der Waals surface area contributed by atoms with Gasteiger partial charge in [0.05, 0.1) is 0 Å². The first kappa shape index (κ1) is 22.8. The zero-order valence-corrected chi connectivity index (χ0v) is 18.4. The molecule has 0 radical (unpaired) electrons. The normalized spacial score (nSPS) is 10.5. The Bertz CT molecular complexity index is 1040. The van der Waals surface area contributed by atoms with E-state index in [0.717, 1.165) is 18.7 Å². The molecule has 0 heterocycles. The Morgan fingerprint density at radius 2 is 1.31 bits per heavy atom. The summed E-state index contributed by atoms with van der Waals surface area (Å²) < 4.78 is 0. The van der Waals surface area contributed by atoms with Crippen LogP contribution in [0.2, 0.25) is 0 Å². The number of nitrogens with zero attached hydrogens (tertiary/aromatic N) is 1. The third-order valence-corrected chi connectivity index (χ3v) is 4.85. The van der Waals surface area contributed by atoms with E-state index in [1.807, 2.05) is 30.3 Å². The van der Waals surface area contributed by atoms with Crippen LogP contribution in [0.4, 0.5) is 26.7 Å². The lowest BCUT2D eigenvalue weighted by atomic mass is 10.1. The van der Waals surface area contributed by atoms with Crippen LogP contribution in [0.5, 0.6) is 0 Å². The lowest BCUT2D eigenvalue weighted by Gasteiger charge is -2.15. The van der Waals surface area contributed by atoms with E-state index in [1.54, 1.807) is 36.4 Å². The van der Waals surface area contributed by atoms with Gasteiger partial charge in [0.1, 0.15) is 0 Å². The number of carbonyl (C=O) groups is 2. The van der Waals surface area contributed by atoms with Crippen LogP contribution in [0.1, 0.15) is 18.1 Å². The minimum absolute atomic E-state index is 0.313. The van der Waals surface area contributed by atoms with Crippen molar-refractivity contribution in [3.8, 4) is 0 Å². The van der Waals surface area contributed by atoms with Gasteiger partial charge in [-0.25, -0.2) is 9.59 Å². The summed E-state index contributed by atoms with van der Waals surface area (Å²) >= 11 is 0. The van der Waals surface area contributed by atoms with Crippen molar-refractivity contribution in [1.29, 1.82) is 0 Å². The molecule has 0 saturated carbocycles. The van der Waals surface area contributed by atoms with Crippen molar-refractivity contribution in [3.63, 3.8) is 0 Å². The molecule has 0 atom stereocenters. The Morgan fingerprint density at radius 3 is 2.03 bits per heavy atom. The average Bonchev–Trinajstić information content (AvgIpc) is 2.78. The number of anilines is 3. The highest BCUT2D eigenvalue weighted by molar-refractivity contribution is 6.00. The van der Waals surface area contributed by atoms with Crippen LogP contribution in [0.15, 0.2) is 78.9 Å². The number of hydrogen-bond donors (Lipinski definition) is 4. The van der Waals surface area contributed by atoms with E-state index in [4.69, 9.17) is 0 Å². The highest BCUT2D eigenvalue weighted by Gasteiger charge is 2.06. The lowest BCUT2D eigenvalue weighted by molar-refractivity contribution is 0.251. The molecule has 0 aliphatic heterocycles. The second kappa shape index (κ2) is 11.5. The SMILES string of the molecule is CCN(C)Cc1cccc(CNC(=O)Nc2cccc(NC(=O)Nc3ccccc3)c2)c1. The molecule has 0 aromatic heterocycles. The Labute approximate surface area is 188 Å². The molecule has 0 aliphatic carbocycles. The zero-order chi connectivity index (χ0) is 22.8. The molecule has 0 aliphatic rings. The third kappa shape index (κ3) is 7.45. The number of amides is 4. The standard InChI is InChI=1S/C25H29N5O2/c1-3-30(2)18-20-10-7-9-19(15-20)17-26-24(31)28-22-13-8-14-23(16-22)29-25(32)27-21-11-5-4-6-12-21/h4-16H,3,17-18H2,1-2H3,(H2,26,28,31)(H2,27,29,32). The van der Waals surface area contributed by atoms with Crippen molar-refractivity contribution < 1.29 is 9.59 Å². The topological polar surface area (TPSA) is 85.5 Å². The molecule has 0 bridgehead atoms. The average molecular weight is 432 g/mol. The van der Waals surface area contributed by atoms with Crippen LogP contribution >= 0.6 is 0 Å². The van der Waals surface area contributed by atoms with Crippen molar-refractivity contribution in [2.24, 2.45) is 0 Å². The minimum Gasteiger partial charge on any atom is -0.334 e. The fourth-order valence-electron chi connectivity index (χ4n) is 3.11. The van der Waals surface area contributed by atoms with E-state index in [2.05, 4.69) is 52.3 Å². The number of rotatable bonds is 8. The van der Waals surface area contributed by atoms with Crippen LogP contribution < -0.4 is 21.3 Å². The number of nitrogens with one attached hydrogen (secondary N) is 4. The minimum atomic E-state index is -0.355. The summed E-state index contributed by atoms with van der Waals surface area (Å²) in [5, 5.41) is 11.2.